The van der Waals surface area contributed by atoms with E-state index in [-0.39, 0.29) is 5.54 Å². The second-order valence-electron chi connectivity index (χ2n) is 2.42. The average molecular weight is 139 g/mol. The molecule has 0 fully saturated rings. The van der Waals surface area contributed by atoms with E-state index in [0.717, 1.165) is 0 Å². The lowest BCUT2D eigenvalue weighted by Gasteiger charge is -2.10. The Morgan fingerprint density at radius 1 is 1.40 bits per heavy atom. The molecule has 0 aromatic carbocycles. The topological polar surface area (TPSA) is 37.1 Å². The van der Waals surface area contributed by atoms with E-state index in [2.05, 4.69) is 21.8 Å². The van der Waals surface area contributed by atoms with Crippen molar-refractivity contribution >= 4 is 6.34 Å². The highest BCUT2D eigenvalue weighted by Crippen LogP contribution is 2.07. The van der Waals surface area contributed by atoms with Crippen LogP contribution in [0.5, 0.6) is 0 Å². The Labute approximate surface area is 61.6 Å². The molecule has 3 heteroatoms. The highest BCUT2D eigenvalue weighted by atomic mass is 15.1. The minimum atomic E-state index is -0.228. The molecule has 3 nitrogen and oxygen atoms in total. The van der Waals surface area contributed by atoms with Crippen molar-refractivity contribution in [3.8, 4) is 0 Å². The second-order valence-corrected chi connectivity index (χ2v) is 2.42. The van der Waals surface area contributed by atoms with Crippen LogP contribution in [-0.4, -0.2) is 18.9 Å². The lowest BCUT2D eigenvalue weighted by molar-refractivity contribution is 0.661. The fraction of sp³-hybridized carbons (Fsp3) is 0.571. The largest absolute Gasteiger partial charge is 0.261 e. The summed E-state index contributed by atoms with van der Waals surface area (Å²) in [6, 6.07) is 0. The summed E-state index contributed by atoms with van der Waals surface area (Å²) in [7, 11) is 1.60. The number of nitrogens with zero attached hydrogens (tertiary/aromatic N) is 3. The van der Waals surface area contributed by atoms with Crippen LogP contribution in [0.3, 0.4) is 0 Å². The molecule has 0 aliphatic rings. The van der Waals surface area contributed by atoms with Crippen LogP contribution in [0.1, 0.15) is 13.8 Å². The summed E-state index contributed by atoms with van der Waals surface area (Å²) in [5, 5.41) is 7.10. The molecule has 0 amide bonds. The molecule has 0 spiro atoms. The Hall–Kier alpha value is -0.990. The van der Waals surface area contributed by atoms with Gasteiger partial charge in [0.1, 0.15) is 6.34 Å². The van der Waals surface area contributed by atoms with Crippen molar-refractivity contribution in [3.63, 3.8) is 0 Å². The van der Waals surface area contributed by atoms with E-state index >= 15 is 0 Å². The maximum absolute atomic E-state index is 4.06. The number of hydrogen-bond donors (Lipinski definition) is 0. The van der Waals surface area contributed by atoms with Gasteiger partial charge in [0.05, 0.1) is 5.54 Å². The van der Waals surface area contributed by atoms with Crippen LogP contribution in [-0.2, 0) is 0 Å². The first-order valence-electron chi connectivity index (χ1n) is 3.08. The SMILES string of the molecule is C=CC(C)(C)N=CN=NC. The van der Waals surface area contributed by atoms with E-state index in [0.29, 0.717) is 0 Å². The zero-order chi connectivity index (χ0) is 8.04. The molecular formula is C7H13N3. The maximum atomic E-state index is 4.06. The number of aliphatic imine (C=N–C) groups is 1. The summed E-state index contributed by atoms with van der Waals surface area (Å²) >= 11 is 0. The molecular weight excluding hydrogens is 126 g/mol. The lowest BCUT2D eigenvalue weighted by Crippen LogP contribution is -2.11. The summed E-state index contributed by atoms with van der Waals surface area (Å²) in [6.07, 6.45) is 3.19. The summed E-state index contributed by atoms with van der Waals surface area (Å²) < 4.78 is 0. The van der Waals surface area contributed by atoms with Crippen molar-refractivity contribution in [1.29, 1.82) is 0 Å². The first-order valence-corrected chi connectivity index (χ1v) is 3.08. The molecule has 56 valence electrons. The average Bonchev–Trinajstić information content (AvgIpc) is 1.89. The molecule has 0 saturated carbocycles. The lowest BCUT2D eigenvalue weighted by atomic mass is 10.1. The minimum Gasteiger partial charge on any atom is -0.261 e. The predicted molar refractivity (Wildman–Crippen MR) is 43.5 cm³/mol. The molecule has 0 aromatic heterocycles. The molecule has 0 aliphatic carbocycles. The fourth-order valence-electron chi connectivity index (χ4n) is 0.279. The van der Waals surface area contributed by atoms with Crippen molar-refractivity contribution < 1.29 is 0 Å². The first-order chi connectivity index (χ1) is 4.62. The van der Waals surface area contributed by atoms with Gasteiger partial charge in [0, 0.05) is 7.05 Å². The zero-order valence-electron chi connectivity index (χ0n) is 6.70. The zero-order valence-corrected chi connectivity index (χ0v) is 6.70. The van der Waals surface area contributed by atoms with E-state index in [4.69, 9.17) is 0 Å². The van der Waals surface area contributed by atoms with Crippen LogP contribution in [0.2, 0.25) is 0 Å². The molecule has 0 rings (SSSR count). The van der Waals surface area contributed by atoms with Crippen LogP contribution in [0, 0.1) is 0 Å². The Morgan fingerprint density at radius 2 is 2.00 bits per heavy atom. The molecule has 0 aliphatic heterocycles. The van der Waals surface area contributed by atoms with Gasteiger partial charge in [-0.15, -0.1) is 11.7 Å². The van der Waals surface area contributed by atoms with Crippen LogP contribution < -0.4 is 0 Å². The van der Waals surface area contributed by atoms with E-state index in [9.17, 15) is 0 Å². The summed E-state index contributed by atoms with van der Waals surface area (Å²) in [5.41, 5.74) is -0.228. The highest BCUT2D eigenvalue weighted by molar-refractivity contribution is 5.55. The number of hydrogen-bond acceptors (Lipinski definition) is 2. The second kappa shape index (κ2) is 3.93. The third-order valence-electron chi connectivity index (χ3n) is 1.06. The Kier molecular flexibility index (Phi) is 3.54. The van der Waals surface area contributed by atoms with Gasteiger partial charge in [0.15, 0.2) is 0 Å². The third-order valence-corrected chi connectivity index (χ3v) is 1.06. The summed E-state index contributed by atoms with van der Waals surface area (Å²) in [5.74, 6) is 0. The molecule has 0 atom stereocenters. The molecule has 0 unspecified atom stereocenters. The normalized spacial score (nSPS) is 13.1. The highest BCUT2D eigenvalue weighted by Gasteiger charge is 2.07. The molecule has 0 bridgehead atoms. The molecule has 0 aromatic rings. The molecule has 10 heavy (non-hydrogen) atoms. The molecule has 0 saturated heterocycles. The van der Waals surface area contributed by atoms with Crippen molar-refractivity contribution in [2.45, 2.75) is 19.4 Å². The van der Waals surface area contributed by atoms with Gasteiger partial charge in [-0.2, -0.15) is 5.11 Å². The van der Waals surface area contributed by atoms with Crippen LogP contribution >= 0.6 is 0 Å². The fourth-order valence-corrected chi connectivity index (χ4v) is 0.279. The molecule has 0 heterocycles. The quantitative estimate of drug-likeness (QED) is 0.248. The van der Waals surface area contributed by atoms with Gasteiger partial charge in [-0.1, -0.05) is 6.08 Å². The predicted octanol–water partition coefficient (Wildman–Crippen LogP) is 2.06. The van der Waals surface area contributed by atoms with Gasteiger partial charge in [0.25, 0.3) is 0 Å². The van der Waals surface area contributed by atoms with Crippen molar-refractivity contribution in [1.82, 2.24) is 0 Å². The van der Waals surface area contributed by atoms with Gasteiger partial charge >= 0.3 is 0 Å². The Bertz CT molecular complexity index is 156. The Morgan fingerprint density at radius 3 is 2.40 bits per heavy atom. The van der Waals surface area contributed by atoms with Crippen molar-refractivity contribution in [3.05, 3.63) is 12.7 Å². The van der Waals surface area contributed by atoms with E-state index in [1.54, 1.807) is 13.1 Å². The van der Waals surface area contributed by atoms with Crippen molar-refractivity contribution in [2.24, 2.45) is 15.2 Å². The van der Waals surface area contributed by atoms with Gasteiger partial charge in [-0.3, -0.25) is 4.99 Å². The smallest absolute Gasteiger partial charge is 0.133 e. The van der Waals surface area contributed by atoms with Gasteiger partial charge in [0.2, 0.25) is 0 Å². The van der Waals surface area contributed by atoms with Crippen LogP contribution in [0.25, 0.3) is 0 Å². The van der Waals surface area contributed by atoms with E-state index in [1.807, 2.05) is 13.8 Å². The van der Waals surface area contributed by atoms with Gasteiger partial charge < -0.3 is 0 Å². The number of azo groups is 1. The van der Waals surface area contributed by atoms with Crippen molar-refractivity contribution in [2.75, 3.05) is 7.05 Å². The van der Waals surface area contributed by atoms with Gasteiger partial charge in [-0.05, 0) is 13.8 Å². The summed E-state index contributed by atoms with van der Waals surface area (Å²) in [4.78, 5) is 4.06. The standard InChI is InChI=1S/C7H13N3/c1-5-7(2,3)9-6-10-8-4/h5-6H,1H2,2-4H3. The number of rotatable bonds is 3. The molecule has 0 N–H and O–H groups in total. The Balaban J connectivity index is 3.98. The third kappa shape index (κ3) is 3.95. The van der Waals surface area contributed by atoms with E-state index in [1.165, 1.54) is 6.34 Å². The van der Waals surface area contributed by atoms with Crippen LogP contribution in [0.4, 0.5) is 0 Å². The maximum Gasteiger partial charge on any atom is 0.133 e. The minimum absolute atomic E-state index is 0.228. The molecule has 0 radical (unpaired) electrons. The monoisotopic (exact) mass is 139 g/mol. The van der Waals surface area contributed by atoms with Gasteiger partial charge in [-0.25, -0.2) is 0 Å². The van der Waals surface area contributed by atoms with Crippen LogP contribution in [0.15, 0.2) is 27.9 Å². The first kappa shape index (κ1) is 9.01. The van der Waals surface area contributed by atoms with E-state index < -0.39 is 0 Å². The summed E-state index contributed by atoms with van der Waals surface area (Å²) in [6.45, 7) is 7.52.